The molecule has 0 radical (unpaired) electrons. The molecule has 0 aliphatic heterocycles. The highest BCUT2D eigenvalue weighted by Crippen LogP contribution is 2.26. The molecule has 1 N–H and O–H groups in total. The fraction of sp³-hybridized carbons (Fsp3) is 0.364. The third-order valence-electron chi connectivity index (χ3n) is 1.94. The number of rotatable bonds is 5. The Morgan fingerprint density at radius 3 is 2.67 bits per heavy atom. The molecule has 1 aromatic rings. The quantitative estimate of drug-likeness (QED) is 0.842. The zero-order valence-corrected chi connectivity index (χ0v) is 10.2. The molecule has 1 unspecified atom stereocenters. The summed E-state index contributed by atoms with van der Waals surface area (Å²) in [5, 5.41) is 9.69. The zero-order valence-electron chi connectivity index (χ0n) is 9.40. The van der Waals surface area contributed by atoms with Gasteiger partial charge in [-0.25, -0.2) is 4.79 Å². The van der Waals surface area contributed by atoms with Gasteiger partial charge >= 0.3 is 12.6 Å². The summed E-state index contributed by atoms with van der Waals surface area (Å²) < 4.78 is 32.8. The molecule has 100 valence electrons. The van der Waals surface area contributed by atoms with E-state index in [9.17, 15) is 18.7 Å². The number of aliphatic hydroxyl groups excluding tert-OH is 1. The number of benzene rings is 1. The number of carbonyl (C=O) groups is 1. The molecule has 18 heavy (non-hydrogen) atoms. The molecule has 1 rings (SSSR count). The molecule has 1 aromatic carbocycles. The molecular weight excluding hydrogens is 270 g/mol. The highest BCUT2D eigenvalue weighted by atomic mass is 35.5. The van der Waals surface area contributed by atoms with Crippen LogP contribution in [0.25, 0.3) is 0 Å². The second-order valence-corrected chi connectivity index (χ2v) is 3.69. The van der Waals surface area contributed by atoms with Crippen molar-refractivity contribution < 1.29 is 28.2 Å². The van der Waals surface area contributed by atoms with Gasteiger partial charge in [0, 0.05) is 5.02 Å². The number of esters is 1. The number of hydrogen-bond acceptors (Lipinski definition) is 4. The van der Waals surface area contributed by atoms with Crippen LogP contribution in [0.15, 0.2) is 18.2 Å². The predicted octanol–water partition coefficient (Wildman–Crippen LogP) is 2.54. The minimum Gasteiger partial charge on any atom is -0.464 e. The standard InChI is InChI=1S/C11H11ClF2O4/c1-2-17-10(16)9(15)6-3-7(12)5-8(4-6)18-11(13)14/h3-5,9,11,15H,2H2,1H3. The average molecular weight is 281 g/mol. The minimum atomic E-state index is -3.02. The van der Waals surface area contributed by atoms with Crippen molar-refractivity contribution >= 4 is 17.6 Å². The largest absolute Gasteiger partial charge is 0.464 e. The maximum atomic E-state index is 12.0. The summed E-state index contributed by atoms with van der Waals surface area (Å²) >= 11 is 5.67. The molecule has 0 aliphatic rings. The Morgan fingerprint density at radius 1 is 1.44 bits per heavy atom. The summed E-state index contributed by atoms with van der Waals surface area (Å²) in [6.07, 6.45) is -1.59. The summed E-state index contributed by atoms with van der Waals surface area (Å²) in [6, 6.07) is 3.51. The van der Waals surface area contributed by atoms with E-state index in [-0.39, 0.29) is 22.9 Å². The second kappa shape index (κ2) is 6.51. The van der Waals surface area contributed by atoms with E-state index in [1.165, 1.54) is 6.07 Å². The van der Waals surface area contributed by atoms with Crippen LogP contribution in [0.3, 0.4) is 0 Å². The Morgan fingerprint density at radius 2 is 2.11 bits per heavy atom. The molecule has 0 amide bonds. The van der Waals surface area contributed by atoms with Gasteiger partial charge in [0.05, 0.1) is 6.61 Å². The van der Waals surface area contributed by atoms with Gasteiger partial charge in [0.1, 0.15) is 5.75 Å². The van der Waals surface area contributed by atoms with Gasteiger partial charge in [0.15, 0.2) is 6.10 Å². The van der Waals surface area contributed by atoms with Crippen molar-refractivity contribution in [2.75, 3.05) is 6.61 Å². The monoisotopic (exact) mass is 280 g/mol. The van der Waals surface area contributed by atoms with Crippen molar-refractivity contribution in [2.45, 2.75) is 19.6 Å². The average Bonchev–Trinajstić information content (AvgIpc) is 2.26. The number of hydrogen-bond donors (Lipinski definition) is 1. The van der Waals surface area contributed by atoms with E-state index in [1.54, 1.807) is 6.92 Å². The fourth-order valence-electron chi connectivity index (χ4n) is 1.27. The SMILES string of the molecule is CCOC(=O)C(O)c1cc(Cl)cc(OC(F)F)c1. The van der Waals surface area contributed by atoms with Gasteiger partial charge < -0.3 is 14.6 Å². The van der Waals surface area contributed by atoms with Crippen molar-refractivity contribution in [1.82, 2.24) is 0 Å². The van der Waals surface area contributed by atoms with Gasteiger partial charge in [-0.05, 0) is 30.7 Å². The van der Waals surface area contributed by atoms with Gasteiger partial charge in [0.25, 0.3) is 0 Å². The van der Waals surface area contributed by atoms with Crippen molar-refractivity contribution in [3.05, 3.63) is 28.8 Å². The van der Waals surface area contributed by atoms with E-state index in [2.05, 4.69) is 9.47 Å². The lowest BCUT2D eigenvalue weighted by molar-refractivity contribution is -0.153. The van der Waals surface area contributed by atoms with Gasteiger partial charge in [0.2, 0.25) is 0 Å². The number of ether oxygens (including phenoxy) is 2. The van der Waals surface area contributed by atoms with Crippen LogP contribution in [-0.4, -0.2) is 24.3 Å². The Labute approximate surface area is 107 Å². The topological polar surface area (TPSA) is 55.8 Å². The molecule has 0 heterocycles. The first kappa shape index (κ1) is 14.7. The lowest BCUT2D eigenvalue weighted by atomic mass is 10.1. The third-order valence-corrected chi connectivity index (χ3v) is 2.16. The molecule has 0 saturated heterocycles. The minimum absolute atomic E-state index is 0.0246. The number of alkyl halides is 2. The number of aliphatic hydroxyl groups is 1. The fourth-order valence-corrected chi connectivity index (χ4v) is 1.50. The molecule has 0 fully saturated rings. The van der Waals surface area contributed by atoms with Crippen molar-refractivity contribution in [2.24, 2.45) is 0 Å². The van der Waals surface area contributed by atoms with E-state index in [4.69, 9.17) is 11.6 Å². The number of carbonyl (C=O) groups excluding carboxylic acids is 1. The maximum Gasteiger partial charge on any atom is 0.387 e. The van der Waals surface area contributed by atoms with Crippen molar-refractivity contribution in [3.8, 4) is 5.75 Å². The van der Waals surface area contributed by atoms with Gasteiger partial charge in [-0.1, -0.05) is 11.6 Å². The normalized spacial score (nSPS) is 12.3. The van der Waals surface area contributed by atoms with E-state index in [1.807, 2.05) is 0 Å². The Hall–Kier alpha value is -1.40. The summed E-state index contributed by atoms with van der Waals surface area (Å²) in [7, 11) is 0. The van der Waals surface area contributed by atoms with Crippen LogP contribution in [0.1, 0.15) is 18.6 Å². The first-order valence-corrected chi connectivity index (χ1v) is 5.41. The molecule has 0 saturated carbocycles. The van der Waals surface area contributed by atoms with E-state index in [0.29, 0.717) is 0 Å². The van der Waals surface area contributed by atoms with Crippen LogP contribution in [-0.2, 0) is 9.53 Å². The molecule has 0 aliphatic carbocycles. The van der Waals surface area contributed by atoms with Crippen LogP contribution >= 0.6 is 11.6 Å². The first-order chi connectivity index (χ1) is 8.43. The van der Waals surface area contributed by atoms with Gasteiger partial charge in [-0.15, -0.1) is 0 Å². The summed E-state index contributed by atoms with van der Waals surface area (Å²) in [4.78, 5) is 11.3. The highest BCUT2D eigenvalue weighted by molar-refractivity contribution is 6.30. The molecule has 7 heteroatoms. The van der Waals surface area contributed by atoms with Gasteiger partial charge in [-0.2, -0.15) is 8.78 Å². The van der Waals surface area contributed by atoms with E-state index >= 15 is 0 Å². The molecule has 0 spiro atoms. The summed E-state index contributed by atoms with van der Waals surface area (Å²) in [6.45, 7) is -1.35. The third kappa shape index (κ3) is 4.12. The zero-order chi connectivity index (χ0) is 13.7. The van der Waals surface area contributed by atoms with Crippen molar-refractivity contribution in [3.63, 3.8) is 0 Å². The molecule has 1 atom stereocenters. The van der Waals surface area contributed by atoms with E-state index in [0.717, 1.165) is 12.1 Å². The summed E-state index contributed by atoms with van der Waals surface area (Å²) in [5.74, 6) is -1.13. The molecule has 0 bridgehead atoms. The second-order valence-electron chi connectivity index (χ2n) is 3.25. The summed E-state index contributed by atoms with van der Waals surface area (Å²) in [5.41, 5.74) is 0.0246. The molecule has 4 nitrogen and oxygen atoms in total. The predicted molar refractivity (Wildman–Crippen MR) is 59.7 cm³/mol. The van der Waals surface area contributed by atoms with Crippen LogP contribution in [0, 0.1) is 0 Å². The highest BCUT2D eigenvalue weighted by Gasteiger charge is 2.20. The molecule has 0 aromatic heterocycles. The van der Waals surface area contributed by atoms with Gasteiger partial charge in [-0.3, -0.25) is 0 Å². The van der Waals surface area contributed by atoms with Crippen molar-refractivity contribution in [1.29, 1.82) is 0 Å². The Balaban J connectivity index is 2.94. The first-order valence-electron chi connectivity index (χ1n) is 5.04. The lowest BCUT2D eigenvalue weighted by Crippen LogP contribution is -2.15. The van der Waals surface area contributed by atoms with Crippen LogP contribution in [0.2, 0.25) is 5.02 Å². The lowest BCUT2D eigenvalue weighted by Gasteiger charge is -2.12. The van der Waals surface area contributed by atoms with Crippen LogP contribution < -0.4 is 4.74 Å². The number of halogens is 3. The van der Waals surface area contributed by atoms with Crippen LogP contribution in [0.4, 0.5) is 8.78 Å². The Bertz CT molecular complexity index is 426. The van der Waals surface area contributed by atoms with Crippen LogP contribution in [0.5, 0.6) is 5.75 Å². The Kier molecular flexibility index (Phi) is 5.30. The smallest absolute Gasteiger partial charge is 0.387 e. The molecular formula is C11H11ClF2O4. The maximum absolute atomic E-state index is 12.0. The van der Waals surface area contributed by atoms with E-state index < -0.39 is 18.7 Å².